The van der Waals surface area contributed by atoms with Crippen LogP contribution in [-0.4, -0.2) is 38.5 Å². The maximum Gasteiger partial charge on any atom is 0.433 e. The van der Waals surface area contributed by atoms with Crippen molar-refractivity contribution in [3.05, 3.63) is 65.3 Å². The molecule has 1 aliphatic rings. The predicted octanol–water partition coefficient (Wildman–Crippen LogP) is 4.43. The molecule has 4 heterocycles. The van der Waals surface area contributed by atoms with Crippen molar-refractivity contribution in [2.75, 3.05) is 13.1 Å². The highest BCUT2D eigenvalue weighted by Gasteiger charge is 2.36. The van der Waals surface area contributed by atoms with E-state index in [0.29, 0.717) is 30.8 Å². The average Bonchev–Trinajstić information content (AvgIpc) is 3.42. The Morgan fingerprint density at radius 1 is 1.20 bits per heavy atom. The second kappa shape index (κ2) is 6.58. The molecule has 1 saturated heterocycles. The van der Waals surface area contributed by atoms with Crippen molar-refractivity contribution in [2.45, 2.75) is 25.4 Å². The molecule has 4 aromatic rings. The lowest BCUT2D eigenvalue weighted by molar-refractivity contribution is -0.142. The molecule has 9 heteroatoms. The van der Waals surface area contributed by atoms with Gasteiger partial charge in [-0.25, -0.2) is 9.50 Å². The molecule has 30 heavy (non-hydrogen) atoms. The summed E-state index contributed by atoms with van der Waals surface area (Å²) in [4.78, 5) is 18.7. The van der Waals surface area contributed by atoms with Gasteiger partial charge < -0.3 is 9.32 Å². The molecular formula is C21H17F3N4O2. The molecule has 1 fully saturated rings. The normalized spacial score (nSPS) is 17.3. The number of hydrogen-bond donors (Lipinski definition) is 0. The molecule has 0 radical (unpaired) electrons. The lowest BCUT2D eigenvalue weighted by Crippen LogP contribution is -2.28. The number of halogens is 3. The van der Waals surface area contributed by atoms with Gasteiger partial charge in [0, 0.05) is 36.2 Å². The minimum absolute atomic E-state index is 0.152. The average molecular weight is 414 g/mol. The van der Waals surface area contributed by atoms with Crippen LogP contribution in [0.25, 0.3) is 16.6 Å². The van der Waals surface area contributed by atoms with E-state index in [4.69, 9.17) is 4.42 Å². The summed E-state index contributed by atoms with van der Waals surface area (Å²) in [6.07, 6.45) is -3.93. The van der Waals surface area contributed by atoms with Gasteiger partial charge in [0.05, 0.1) is 5.69 Å². The molecule has 0 aliphatic carbocycles. The minimum atomic E-state index is -4.53. The van der Waals surface area contributed by atoms with Crippen molar-refractivity contribution >= 4 is 22.5 Å². The van der Waals surface area contributed by atoms with E-state index in [1.54, 1.807) is 23.1 Å². The van der Waals surface area contributed by atoms with E-state index in [9.17, 15) is 18.0 Å². The van der Waals surface area contributed by atoms with Gasteiger partial charge in [-0.05, 0) is 31.5 Å². The third-order valence-electron chi connectivity index (χ3n) is 5.39. The number of nitrogens with zero attached hydrogens (tertiary/aromatic N) is 4. The van der Waals surface area contributed by atoms with E-state index in [0.717, 1.165) is 16.0 Å². The number of rotatable bonds is 2. The van der Waals surface area contributed by atoms with Crippen molar-refractivity contribution in [3.63, 3.8) is 0 Å². The zero-order valence-electron chi connectivity index (χ0n) is 16.0. The highest BCUT2D eigenvalue weighted by Crippen LogP contribution is 2.33. The van der Waals surface area contributed by atoms with Gasteiger partial charge in [-0.15, -0.1) is 0 Å². The van der Waals surface area contributed by atoms with E-state index >= 15 is 0 Å². The number of aromatic nitrogens is 3. The number of alkyl halides is 3. The molecule has 3 aromatic heterocycles. The smallest absolute Gasteiger partial charge is 0.433 e. The first-order chi connectivity index (χ1) is 14.3. The minimum Gasteiger partial charge on any atom is -0.451 e. The standard InChI is InChI=1S/C21H17F3N4O2/c1-12-8-18(21(22,23)24)28-19(25-12)10-15(26-28)14-6-7-27(11-14)20(29)17-9-13-4-2-3-5-16(13)30-17/h2-5,8-10,14H,6-7,11H2,1H3/t14-/m1/s1. The van der Waals surface area contributed by atoms with Crippen LogP contribution in [0.15, 0.2) is 46.9 Å². The van der Waals surface area contributed by atoms with Crippen LogP contribution in [0.2, 0.25) is 0 Å². The molecule has 1 aromatic carbocycles. The molecule has 6 nitrogen and oxygen atoms in total. The Morgan fingerprint density at radius 2 is 2.00 bits per heavy atom. The monoisotopic (exact) mass is 414 g/mol. The number of furan rings is 1. The summed E-state index contributed by atoms with van der Waals surface area (Å²) in [5.74, 6) is -0.146. The third kappa shape index (κ3) is 3.10. The second-order valence-electron chi connectivity index (χ2n) is 7.50. The summed E-state index contributed by atoms with van der Waals surface area (Å²) in [6.45, 7) is 2.36. The number of amides is 1. The van der Waals surface area contributed by atoms with Gasteiger partial charge in [-0.1, -0.05) is 18.2 Å². The number of carbonyl (C=O) groups excluding carboxylic acids is 1. The molecule has 1 aliphatic heterocycles. The molecule has 0 unspecified atom stereocenters. The van der Waals surface area contributed by atoms with E-state index in [1.165, 1.54) is 6.92 Å². The number of para-hydroxylation sites is 1. The second-order valence-corrected chi connectivity index (χ2v) is 7.50. The summed E-state index contributed by atoms with van der Waals surface area (Å²) >= 11 is 0. The lowest BCUT2D eigenvalue weighted by atomic mass is 10.1. The first-order valence-corrected chi connectivity index (χ1v) is 9.52. The van der Waals surface area contributed by atoms with Gasteiger partial charge in [0.2, 0.25) is 0 Å². The van der Waals surface area contributed by atoms with Gasteiger partial charge in [0.1, 0.15) is 11.3 Å². The van der Waals surface area contributed by atoms with Crippen LogP contribution >= 0.6 is 0 Å². The Morgan fingerprint density at radius 3 is 2.77 bits per heavy atom. The zero-order chi connectivity index (χ0) is 21.0. The Bertz CT molecular complexity index is 1240. The largest absolute Gasteiger partial charge is 0.451 e. The van der Waals surface area contributed by atoms with Crippen molar-refractivity contribution in [3.8, 4) is 0 Å². The maximum atomic E-state index is 13.4. The fraction of sp³-hybridized carbons (Fsp3) is 0.286. The van der Waals surface area contributed by atoms with Crippen LogP contribution in [0, 0.1) is 6.92 Å². The van der Waals surface area contributed by atoms with Gasteiger partial charge in [0.15, 0.2) is 11.4 Å². The topological polar surface area (TPSA) is 63.6 Å². The van der Waals surface area contributed by atoms with Crippen LogP contribution < -0.4 is 0 Å². The van der Waals surface area contributed by atoms with Crippen molar-refractivity contribution < 1.29 is 22.4 Å². The SMILES string of the molecule is Cc1cc(C(F)(F)F)n2nc([C@@H]3CCN(C(=O)c4cc5ccccc5o4)C3)cc2n1. The fourth-order valence-electron chi connectivity index (χ4n) is 3.95. The summed E-state index contributed by atoms with van der Waals surface area (Å²) in [5, 5.41) is 5.02. The van der Waals surface area contributed by atoms with Gasteiger partial charge >= 0.3 is 6.18 Å². The van der Waals surface area contributed by atoms with Crippen LogP contribution in [0.4, 0.5) is 13.2 Å². The van der Waals surface area contributed by atoms with E-state index in [-0.39, 0.29) is 28.9 Å². The maximum absolute atomic E-state index is 13.4. The summed E-state index contributed by atoms with van der Waals surface area (Å²) in [7, 11) is 0. The van der Waals surface area contributed by atoms with Gasteiger partial charge in [0.25, 0.3) is 5.91 Å². The highest BCUT2D eigenvalue weighted by atomic mass is 19.4. The van der Waals surface area contributed by atoms with E-state index in [1.807, 2.05) is 18.2 Å². The number of hydrogen-bond acceptors (Lipinski definition) is 4. The molecule has 0 saturated carbocycles. The molecule has 0 N–H and O–H groups in total. The highest BCUT2D eigenvalue weighted by molar-refractivity contribution is 5.96. The summed E-state index contributed by atoms with van der Waals surface area (Å²) < 4.78 is 46.6. The van der Waals surface area contributed by atoms with E-state index in [2.05, 4.69) is 10.1 Å². The predicted molar refractivity (Wildman–Crippen MR) is 102 cm³/mol. The Kier molecular flexibility index (Phi) is 4.09. The third-order valence-corrected chi connectivity index (χ3v) is 5.39. The number of benzene rings is 1. The molecule has 1 amide bonds. The molecule has 154 valence electrons. The molecule has 0 spiro atoms. The van der Waals surface area contributed by atoms with Crippen LogP contribution in [-0.2, 0) is 6.18 Å². The Hall–Kier alpha value is -3.36. The Balaban J connectivity index is 1.41. The van der Waals surface area contributed by atoms with Crippen LogP contribution in [0.5, 0.6) is 0 Å². The quantitative estimate of drug-likeness (QED) is 0.487. The molecule has 5 rings (SSSR count). The van der Waals surface area contributed by atoms with E-state index < -0.39 is 11.9 Å². The summed E-state index contributed by atoms with van der Waals surface area (Å²) in [5.41, 5.74) is 0.704. The fourth-order valence-corrected chi connectivity index (χ4v) is 3.95. The first kappa shape index (κ1) is 18.7. The number of carbonyl (C=O) groups is 1. The first-order valence-electron chi connectivity index (χ1n) is 9.52. The van der Waals surface area contributed by atoms with Gasteiger partial charge in [-0.2, -0.15) is 18.3 Å². The van der Waals surface area contributed by atoms with Crippen LogP contribution in [0.1, 0.15) is 40.0 Å². The van der Waals surface area contributed by atoms with Crippen LogP contribution in [0.3, 0.4) is 0 Å². The number of fused-ring (bicyclic) bond motifs is 2. The molecular weight excluding hydrogens is 397 g/mol. The number of likely N-dealkylation sites (tertiary alicyclic amines) is 1. The van der Waals surface area contributed by atoms with Crippen molar-refractivity contribution in [2.24, 2.45) is 0 Å². The van der Waals surface area contributed by atoms with Crippen molar-refractivity contribution in [1.82, 2.24) is 19.5 Å². The Labute approximate surface area is 168 Å². The van der Waals surface area contributed by atoms with Crippen molar-refractivity contribution in [1.29, 1.82) is 0 Å². The zero-order valence-corrected chi connectivity index (χ0v) is 16.0. The molecule has 0 bridgehead atoms. The number of aryl methyl sites for hydroxylation is 1. The summed E-state index contributed by atoms with van der Waals surface area (Å²) in [6, 6.07) is 11.6. The lowest BCUT2D eigenvalue weighted by Gasteiger charge is -2.14. The van der Waals surface area contributed by atoms with Gasteiger partial charge in [-0.3, -0.25) is 4.79 Å². The molecule has 1 atom stereocenters.